The molecule has 15 heavy (non-hydrogen) atoms. The van der Waals surface area contributed by atoms with Crippen LogP contribution in [0.15, 0.2) is 28.8 Å². The lowest BCUT2D eigenvalue weighted by Gasteiger charge is -1.94. The van der Waals surface area contributed by atoms with Gasteiger partial charge in [-0.25, -0.2) is 0 Å². The van der Waals surface area contributed by atoms with Crippen LogP contribution in [0, 0.1) is 0 Å². The van der Waals surface area contributed by atoms with Crippen molar-refractivity contribution in [1.29, 1.82) is 0 Å². The van der Waals surface area contributed by atoms with E-state index in [9.17, 15) is 5.11 Å². The first-order valence-corrected chi connectivity index (χ1v) is 4.82. The third kappa shape index (κ3) is 2.16. The molecule has 0 bridgehead atoms. The molecule has 5 heteroatoms. The van der Waals surface area contributed by atoms with E-state index >= 15 is 0 Å². The minimum Gasteiger partial charge on any atom is -0.385 e. The number of aliphatic hydroxyl groups excluding tert-OH is 1. The molecule has 0 spiro atoms. The summed E-state index contributed by atoms with van der Waals surface area (Å²) in [5.41, 5.74) is 0.777. The first-order valence-electron chi connectivity index (χ1n) is 4.44. The van der Waals surface area contributed by atoms with E-state index in [0.717, 1.165) is 5.56 Å². The number of aliphatic hydroxyl groups is 1. The fourth-order valence-electron chi connectivity index (χ4n) is 1.11. The molecule has 78 valence electrons. The van der Waals surface area contributed by atoms with Crippen LogP contribution in [0.2, 0.25) is 5.02 Å². The molecule has 1 aromatic heterocycles. The molecule has 0 radical (unpaired) electrons. The molecule has 0 fully saturated rings. The predicted octanol–water partition coefficient (Wildman–Crippen LogP) is 2.44. The second-order valence-electron chi connectivity index (χ2n) is 3.14. The van der Waals surface area contributed by atoms with E-state index in [1.165, 1.54) is 0 Å². The van der Waals surface area contributed by atoms with Gasteiger partial charge in [-0.05, 0) is 31.2 Å². The van der Waals surface area contributed by atoms with Gasteiger partial charge in [0, 0.05) is 10.6 Å². The van der Waals surface area contributed by atoms with Crippen molar-refractivity contribution in [3.63, 3.8) is 0 Å². The topological polar surface area (TPSA) is 59.2 Å². The molecule has 1 atom stereocenters. The number of halogens is 1. The van der Waals surface area contributed by atoms with E-state index in [2.05, 4.69) is 10.1 Å². The van der Waals surface area contributed by atoms with Crippen molar-refractivity contribution in [2.45, 2.75) is 13.0 Å². The smallest absolute Gasteiger partial charge is 0.258 e. The SMILES string of the molecule is CC(O)c1noc(-c2ccc(Cl)cc2)n1. The average molecular weight is 225 g/mol. The van der Waals surface area contributed by atoms with Gasteiger partial charge in [-0.1, -0.05) is 16.8 Å². The molecule has 0 aliphatic carbocycles. The van der Waals surface area contributed by atoms with Crippen LogP contribution < -0.4 is 0 Å². The zero-order valence-electron chi connectivity index (χ0n) is 8.01. The number of benzene rings is 1. The molecular formula is C10H9ClN2O2. The van der Waals surface area contributed by atoms with Crippen LogP contribution in [-0.2, 0) is 0 Å². The Labute approximate surface area is 91.5 Å². The number of hydrogen-bond acceptors (Lipinski definition) is 4. The molecule has 0 aliphatic rings. The van der Waals surface area contributed by atoms with Crippen LogP contribution in [-0.4, -0.2) is 15.2 Å². The van der Waals surface area contributed by atoms with Crippen molar-refractivity contribution in [1.82, 2.24) is 10.1 Å². The van der Waals surface area contributed by atoms with E-state index in [-0.39, 0.29) is 5.82 Å². The first-order chi connectivity index (χ1) is 7.16. The number of nitrogens with zero attached hydrogens (tertiary/aromatic N) is 2. The summed E-state index contributed by atoms with van der Waals surface area (Å²) in [5, 5.41) is 13.5. The van der Waals surface area contributed by atoms with Gasteiger partial charge in [0.15, 0.2) is 5.82 Å². The van der Waals surface area contributed by atoms with Crippen LogP contribution in [0.25, 0.3) is 11.5 Å². The molecule has 4 nitrogen and oxygen atoms in total. The summed E-state index contributed by atoms with van der Waals surface area (Å²) in [4.78, 5) is 4.04. The van der Waals surface area contributed by atoms with E-state index in [1.807, 2.05) is 0 Å². The van der Waals surface area contributed by atoms with Gasteiger partial charge in [0.25, 0.3) is 5.89 Å². The van der Waals surface area contributed by atoms with Crippen molar-refractivity contribution >= 4 is 11.6 Å². The van der Waals surface area contributed by atoms with E-state index in [0.29, 0.717) is 10.9 Å². The second-order valence-corrected chi connectivity index (χ2v) is 3.58. The Morgan fingerprint density at radius 1 is 1.33 bits per heavy atom. The Morgan fingerprint density at radius 3 is 2.53 bits per heavy atom. The monoisotopic (exact) mass is 224 g/mol. The highest BCUT2D eigenvalue weighted by atomic mass is 35.5. The Hall–Kier alpha value is -1.39. The predicted molar refractivity (Wildman–Crippen MR) is 55.4 cm³/mol. The minimum atomic E-state index is -0.727. The van der Waals surface area contributed by atoms with Gasteiger partial charge in [-0.15, -0.1) is 0 Å². The zero-order valence-corrected chi connectivity index (χ0v) is 8.77. The molecule has 1 unspecified atom stereocenters. The maximum atomic E-state index is 9.22. The fourth-order valence-corrected chi connectivity index (χ4v) is 1.24. The van der Waals surface area contributed by atoms with Crippen LogP contribution in [0.5, 0.6) is 0 Å². The number of aromatic nitrogens is 2. The molecule has 2 aromatic rings. The number of rotatable bonds is 2. The van der Waals surface area contributed by atoms with Gasteiger partial charge < -0.3 is 9.63 Å². The Kier molecular flexibility index (Phi) is 2.70. The van der Waals surface area contributed by atoms with Gasteiger partial charge >= 0.3 is 0 Å². The molecule has 1 heterocycles. The van der Waals surface area contributed by atoms with E-state index < -0.39 is 6.10 Å². The molecule has 0 saturated carbocycles. The van der Waals surface area contributed by atoms with Gasteiger partial charge in [0.05, 0.1) is 0 Å². The first kappa shape index (κ1) is 10.1. The van der Waals surface area contributed by atoms with E-state index in [1.54, 1.807) is 31.2 Å². The molecule has 1 aromatic carbocycles. The molecule has 0 amide bonds. The van der Waals surface area contributed by atoms with Crippen molar-refractivity contribution in [3.05, 3.63) is 35.1 Å². The summed E-state index contributed by atoms with van der Waals surface area (Å²) >= 11 is 5.75. The maximum absolute atomic E-state index is 9.22. The van der Waals surface area contributed by atoms with Crippen LogP contribution in [0.1, 0.15) is 18.9 Å². The summed E-state index contributed by atoms with van der Waals surface area (Å²) in [7, 11) is 0. The lowest BCUT2D eigenvalue weighted by molar-refractivity contribution is 0.184. The summed E-state index contributed by atoms with van der Waals surface area (Å²) in [5.74, 6) is 0.655. The Morgan fingerprint density at radius 2 is 2.00 bits per heavy atom. The zero-order chi connectivity index (χ0) is 10.8. The van der Waals surface area contributed by atoms with Crippen molar-refractivity contribution in [3.8, 4) is 11.5 Å². The summed E-state index contributed by atoms with van der Waals surface area (Å²) in [6.07, 6.45) is -0.727. The lowest BCUT2D eigenvalue weighted by atomic mass is 10.2. The fraction of sp³-hybridized carbons (Fsp3) is 0.200. The Balaban J connectivity index is 2.33. The molecule has 0 aliphatic heterocycles. The Bertz CT molecular complexity index is 451. The third-order valence-corrected chi connectivity index (χ3v) is 2.16. The molecule has 0 saturated heterocycles. The second kappa shape index (κ2) is 4.00. The highest BCUT2D eigenvalue weighted by Crippen LogP contribution is 2.20. The molecule has 2 rings (SSSR count). The van der Waals surface area contributed by atoms with Crippen LogP contribution >= 0.6 is 11.6 Å². The standard InChI is InChI=1S/C10H9ClN2O2/c1-6(14)9-12-10(15-13-9)7-2-4-8(11)5-3-7/h2-6,14H,1H3. The lowest BCUT2D eigenvalue weighted by Crippen LogP contribution is -1.92. The van der Waals surface area contributed by atoms with Crippen LogP contribution in [0.3, 0.4) is 0 Å². The number of hydrogen-bond donors (Lipinski definition) is 1. The van der Waals surface area contributed by atoms with Gasteiger partial charge in [0.2, 0.25) is 0 Å². The summed E-state index contributed by atoms with van der Waals surface area (Å²) in [6.45, 7) is 1.58. The van der Waals surface area contributed by atoms with Gasteiger partial charge in [-0.3, -0.25) is 0 Å². The molecular weight excluding hydrogens is 216 g/mol. The largest absolute Gasteiger partial charge is 0.385 e. The summed E-state index contributed by atoms with van der Waals surface area (Å²) < 4.78 is 4.99. The van der Waals surface area contributed by atoms with Crippen molar-refractivity contribution in [2.75, 3.05) is 0 Å². The third-order valence-electron chi connectivity index (χ3n) is 1.91. The van der Waals surface area contributed by atoms with Crippen molar-refractivity contribution in [2.24, 2.45) is 0 Å². The normalized spacial score (nSPS) is 12.7. The average Bonchev–Trinajstić information content (AvgIpc) is 2.68. The van der Waals surface area contributed by atoms with E-state index in [4.69, 9.17) is 16.1 Å². The van der Waals surface area contributed by atoms with Crippen molar-refractivity contribution < 1.29 is 9.63 Å². The highest BCUT2D eigenvalue weighted by molar-refractivity contribution is 6.30. The summed E-state index contributed by atoms with van der Waals surface area (Å²) in [6, 6.07) is 7.04. The minimum absolute atomic E-state index is 0.278. The quantitative estimate of drug-likeness (QED) is 0.851. The molecule has 1 N–H and O–H groups in total. The maximum Gasteiger partial charge on any atom is 0.258 e. The van der Waals surface area contributed by atoms with Gasteiger partial charge in [-0.2, -0.15) is 4.98 Å². The van der Waals surface area contributed by atoms with Crippen LogP contribution in [0.4, 0.5) is 0 Å². The highest BCUT2D eigenvalue weighted by Gasteiger charge is 2.11. The van der Waals surface area contributed by atoms with Gasteiger partial charge in [0.1, 0.15) is 6.10 Å².